The summed E-state index contributed by atoms with van der Waals surface area (Å²) in [6.45, 7) is 8.03. The Morgan fingerprint density at radius 3 is 2.73 bits per heavy atom. The first-order chi connectivity index (χ1) is 16.1. The van der Waals surface area contributed by atoms with Gasteiger partial charge >= 0.3 is 6.01 Å². The Labute approximate surface area is 194 Å². The minimum absolute atomic E-state index is 0.232. The van der Waals surface area contributed by atoms with Crippen LogP contribution in [0.5, 0.6) is 11.8 Å². The van der Waals surface area contributed by atoms with Gasteiger partial charge in [-0.2, -0.15) is 15.2 Å². The molecule has 3 aromatic rings. The lowest BCUT2D eigenvalue weighted by Crippen LogP contribution is -2.42. The van der Waals surface area contributed by atoms with Gasteiger partial charge in [0.1, 0.15) is 23.3 Å². The van der Waals surface area contributed by atoms with Crippen LogP contribution in [-0.2, 0) is 13.1 Å². The second kappa shape index (κ2) is 10.5. The summed E-state index contributed by atoms with van der Waals surface area (Å²) in [6.07, 6.45) is 1.92. The molecule has 0 spiro atoms. The maximum atomic E-state index is 9.75. The number of methoxy groups -OCH3 is 1. The number of unbranched alkanes of at least 4 members (excludes halogenated alkanes) is 1. The van der Waals surface area contributed by atoms with Crippen molar-refractivity contribution in [2.75, 3.05) is 45.6 Å². The smallest absolute Gasteiger partial charge is 0.320 e. The van der Waals surface area contributed by atoms with Crippen LogP contribution in [0.3, 0.4) is 0 Å². The van der Waals surface area contributed by atoms with Gasteiger partial charge in [-0.05, 0) is 24.1 Å². The Morgan fingerprint density at radius 2 is 2.00 bits per heavy atom. The number of benzene rings is 1. The van der Waals surface area contributed by atoms with Crippen molar-refractivity contribution >= 4 is 16.9 Å². The second-order valence-corrected chi connectivity index (χ2v) is 8.23. The van der Waals surface area contributed by atoms with Crippen molar-refractivity contribution in [3.8, 4) is 17.8 Å². The van der Waals surface area contributed by atoms with Crippen LogP contribution < -0.4 is 20.5 Å². The first-order valence-corrected chi connectivity index (χ1v) is 11.4. The fraction of sp³-hybridized carbons (Fsp3) is 0.458. The van der Waals surface area contributed by atoms with Crippen LogP contribution in [0.25, 0.3) is 11.0 Å². The van der Waals surface area contributed by atoms with Crippen molar-refractivity contribution in [3.63, 3.8) is 0 Å². The number of nitrogens with one attached hydrogen (secondary N) is 1. The third-order valence-corrected chi connectivity index (χ3v) is 5.90. The highest BCUT2D eigenvalue weighted by atomic mass is 16.5. The predicted octanol–water partition coefficient (Wildman–Crippen LogP) is 2.53. The molecule has 1 saturated heterocycles. The van der Waals surface area contributed by atoms with Crippen LogP contribution in [-0.4, -0.2) is 59.3 Å². The SMILES string of the molecule is CCCCOc1nc(N)c2cc(C#N)n(Cc3ccc(CN4CCNCC4)cc3OC)c2n1. The molecule has 1 aliphatic heterocycles. The first kappa shape index (κ1) is 22.8. The number of rotatable bonds is 9. The fourth-order valence-electron chi connectivity index (χ4n) is 4.07. The summed E-state index contributed by atoms with van der Waals surface area (Å²) in [5.41, 5.74) is 9.37. The van der Waals surface area contributed by atoms with Crippen molar-refractivity contribution in [1.82, 2.24) is 24.8 Å². The number of nitrogens with two attached hydrogens (primary N) is 1. The van der Waals surface area contributed by atoms with E-state index in [-0.39, 0.29) is 6.01 Å². The van der Waals surface area contributed by atoms with Gasteiger partial charge in [0.15, 0.2) is 5.65 Å². The molecule has 3 N–H and O–H groups in total. The fourth-order valence-corrected chi connectivity index (χ4v) is 4.07. The topological polar surface area (TPSA) is 114 Å². The van der Waals surface area contributed by atoms with Gasteiger partial charge in [0.25, 0.3) is 0 Å². The molecule has 3 heterocycles. The van der Waals surface area contributed by atoms with Crippen molar-refractivity contribution < 1.29 is 9.47 Å². The number of nitrogens with zero attached hydrogens (tertiary/aromatic N) is 5. The molecule has 0 amide bonds. The minimum atomic E-state index is 0.232. The first-order valence-electron chi connectivity index (χ1n) is 11.4. The summed E-state index contributed by atoms with van der Waals surface area (Å²) in [5, 5.41) is 13.8. The summed E-state index contributed by atoms with van der Waals surface area (Å²) in [5.74, 6) is 1.09. The highest BCUT2D eigenvalue weighted by molar-refractivity contribution is 5.88. The number of piperazine rings is 1. The number of fused-ring (bicyclic) bond motifs is 1. The van der Waals surface area contributed by atoms with Crippen LogP contribution in [0.1, 0.15) is 36.6 Å². The zero-order valence-corrected chi connectivity index (χ0v) is 19.3. The number of hydrogen-bond acceptors (Lipinski definition) is 8. The van der Waals surface area contributed by atoms with Gasteiger partial charge in [0.2, 0.25) is 0 Å². The van der Waals surface area contributed by atoms with Gasteiger partial charge in [0.05, 0.1) is 25.6 Å². The molecule has 0 aliphatic carbocycles. The van der Waals surface area contributed by atoms with E-state index in [1.165, 1.54) is 5.56 Å². The molecule has 1 aliphatic rings. The zero-order chi connectivity index (χ0) is 23.2. The third-order valence-electron chi connectivity index (χ3n) is 5.90. The number of ether oxygens (including phenoxy) is 2. The van der Waals surface area contributed by atoms with Gasteiger partial charge in [-0.3, -0.25) is 4.90 Å². The average Bonchev–Trinajstić information content (AvgIpc) is 3.19. The lowest BCUT2D eigenvalue weighted by Gasteiger charge is -2.27. The minimum Gasteiger partial charge on any atom is -0.496 e. The summed E-state index contributed by atoms with van der Waals surface area (Å²) < 4.78 is 13.2. The van der Waals surface area contributed by atoms with Gasteiger partial charge in [-0.25, -0.2) is 0 Å². The van der Waals surface area contributed by atoms with Crippen molar-refractivity contribution in [3.05, 3.63) is 41.1 Å². The molecule has 4 rings (SSSR count). The van der Waals surface area contributed by atoms with E-state index in [4.69, 9.17) is 15.2 Å². The van der Waals surface area contributed by atoms with Gasteiger partial charge in [-0.15, -0.1) is 0 Å². The van der Waals surface area contributed by atoms with E-state index in [0.29, 0.717) is 35.7 Å². The molecule has 0 bridgehead atoms. The van der Waals surface area contributed by atoms with E-state index in [1.807, 2.05) is 4.57 Å². The van der Waals surface area contributed by atoms with E-state index in [9.17, 15) is 5.26 Å². The Bertz CT molecular complexity index is 1150. The molecule has 9 heteroatoms. The van der Waals surface area contributed by atoms with E-state index in [2.05, 4.69) is 51.4 Å². The predicted molar refractivity (Wildman–Crippen MR) is 127 cm³/mol. The standard InChI is InChI=1S/C24H31N7O2/c1-3-4-11-33-24-28-22(26)20-13-19(14-25)31(23(20)29-24)16-18-6-5-17(12-21(18)32-2)15-30-9-7-27-8-10-30/h5-6,12-13,27H,3-4,7-11,15-16H2,1-2H3,(H2,26,28,29). The van der Waals surface area contributed by atoms with Gasteiger partial charge < -0.3 is 25.1 Å². The molecule has 0 radical (unpaired) electrons. The van der Waals surface area contributed by atoms with E-state index in [0.717, 1.165) is 56.9 Å². The maximum absolute atomic E-state index is 9.75. The third kappa shape index (κ3) is 5.18. The summed E-state index contributed by atoms with van der Waals surface area (Å²) in [6, 6.07) is 10.5. The Morgan fingerprint density at radius 1 is 1.18 bits per heavy atom. The number of nitrogen functional groups attached to an aromatic ring is 1. The molecule has 33 heavy (non-hydrogen) atoms. The van der Waals surface area contributed by atoms with Gasteiger partial charge in [-0.1, -0.05) is 25.5 Å². The van der Waals surface area contributed by atoms with Crippen LogP contribution in [0.2, 0.25) is 0 Å². The van der Waals surface area contributed by atoms with Crippen LogP contribution >= 0.6 is 0 Å². The molecular weight excluding hydrogens is 418 g/mol. The molecule has 1 fully saturated rings. The highest BCUT2D eigenvalue weighted by Crippen LogP contribution is 2.28. The Hall–Kier alpha value is -3.35. The molecule has 2 aromatic heterocycles. The summed E-state index contributed by atoms with van der Waals surface area (Å²) >= 11 is 0. The quantitative estimate of drug-likeness (QED) is 0.479. The molecule has 0 saturated carbocycles. The molecule has 0 unspecified atom stereocenters. The maximum Gasteiger partial charge on any atom is 0.320 e. The van der Waals surface area contributed by atoms with Crippen molar-refractivity contribution in [1.29, 1.82) is 5.26 Å². The molecular formula is C24H31N7O2. The molecule has 1 aromatic carbocycles. The molecule has 9 nitrogen and oxygen atoms in total. The van der Waals surface area contributed by atoms with Crippen LogP contribution in [0.4, 0.5) is 5.82 Å². The van der Waals surface area contributed by atoms with E-state index >= 15 is 0 Å². The summed E-state index contributed by atoms with van der Waals surface area (Å²) in [4.78, 5) is 11.3. The number of anilines is 1. The second-order valence-electron chi connectivity index (χ2n) is 8.23. The highest BCUT2D eigenvalue weighted by Gasteiger charge is 2.18. The zero-order valence-electron chi connectivity index (χ0n) is 19.3. The van der Waals surface area contributed by atoms with Gasteiger partial charge in [0, 0.05) is 38.3 Å². The van der Waals surface area contributed by atoms with E-state index < -0.39 is 0 Å². The Kier molecular flexibility index (Phi) is 7.27. The average molecular weight is 450 g/mol. The lowest BCUT2D eigenvalue weighted by molar-refractivity contribution is 0.233. The Balaban J connectivity index is 1.63. The number of nitriles is 1. The normalized spacial score (nSPS) is 14.3. The number of hydrogen-bond donors (Lipinski definition) is 2. The molecule has 174 valence electrons. The largest absolute Gasteiger partial charge is 0.496 e. The van der Waals surface area contributed by atoms with Crippen molar-refractivity contribution in [2.45, 2.75) is 32.9 Å². The monoisotopic (exact) mass is 449 g/mol. The van der Waals surface area contributed by atoms with Crippen LogP contribution in [0, 0.1) is 11.3 Å². The summed E-state index contributed by atoms with van der Waals surface area (Å²) in [7, 11) is 1.67. The van der Waals surface area contributed by atoms with E-state index in [1.54, 1.807) is 13.2 Å². The van der Waals surface area contributed by atoms with Crippen LogP contribution in [0.15, 0.2) is 24.3 Å². The van der Waals surface area contributed by atoms with Crippen molar-refractivity contribution in [2.24, 2.45) is 0 Å². The number of aromatic nitrogens is 3. The molecule has 0 atom stereocenters. The lowest BCUT2D eigenvalue weighted by atomic mass is 10.1.